The number of hydrogen-bond acceptors (Lipinski definition) is 5. The van der Waals surface area contributed by atoms with Gasteiger partial charge >= 0.3 is 12.0 Å². The van der Waals surface area contributed by atoms with Gasteiger partial charge in [0.2, 0.25) is 3.79 Å². The van der Waals surface area contributed by atoms with Crippen molar-refractivity contribution in [1.82, 2.24) is 10.6 Å². The zero-order chi connectivity index (χ0) is 19.5. The van der Waals surface area contributed by atoms with Crippen LogP contribution in [-0.4, -0.2) is 36.6 Å². The molecule has 0 saturated heterocycles. The second kappa shape index (κ2) is 8.24. The molecule has 0 aliphatic carbocycles. The Bertz CT molecular complexity index is 746. The van der Waals surface area contributed by atoms with Crippen LogP contribution in [0.5, 0.6) is 11.5 Å². The summed E-state index contributed by atoms with van der Waals surface area (Å²) in [7, 11) is 2.99. The number of benzene rings is 1. The maximum Gasteiger partial charge on any atom is 0.338 e. The smallest absolute Gasteiger partial charge is 0.338 e. The number of urea groups is 1. The third-order valence-electron chi connectivity index (χ3n) is 3.60. The standard InChI is InChI=1S/C16H17Cl3N2O5/c1-8-12(14(22)26-7-16(17,18)19)13(21-15(23)20-8)9-4-5-10(24-2)11(6-9)25-3/h4-6,13H,7H2,1-3H3,(H2,20,21,23). The number of nitrogens with one attached hydrogen (secondary N) is 2. The Hall–Kier alpha value is -1.83. The molecule has 1 unspecified atom stereocenters. The first-order valence-electron chi connectivity index (χ1n) is 7.40. The number of allylic oxidation sites excluding steroid dienone is 1. The van der Waals surface area contributed by atoms with Gasteiger partial charge in [-0.05, 0) is 24.6 Å². The van der Waals surface area contributed by atoms with Gasteiger partial charge in [0.25, 0.3) is 0 Å². The molecular formula is C16H17Cl3N2O5. The maximum absolute atomic E-state index is 12.5. The van der Waals surface area contributed by atoms with Gasteiger partial charge in [0.15, 0.2) is 11.5 Å². The van der Waals surface area contributed by atoms with Crippen LogP contribution in [0.1, 0.15) is 18.5 Å². The molecule has 0 radical (unpaired) electrons. The minimum Gasteiger partial charge on any atom is -0.493 e. The van der Waals surface area contributed by atoms with E-state index in [0.29, 0.717) is 22.8 Å². The first-order chi connectivity index (χ1) is 12.2. The third kappa shape index (κ3) is 4.87. The Morgan fingerprint density at radius 1 is 1.19 bits per heavy atom. The van der Waals surface area contributed by atoms with Crippen LogP contribution in [0.25, 0.3) is 0 Å². The van der Waals surface area contributed by atoms with Crippen LogP contribution in [-0.2, 0) is 9.53 Å². The lowest BCUT2D eigenvalue weighted by Crippen LogP contribution is -2.45. The number of ether oxygens (including phenoxy) is 3. The molecule has 2 amide bonds. The highest BCUT2D eigenvalue weighted by molar-refractivity contribution is 6.67. The molecule has 0 aromatic heterocycles. The monoisotopic (exact) mass is 422 g/mol. The summed E-state index contributed by atoms with van der Waals surface area (Å²) in [5.41, 5.74) is 1.12. The van der Waals surface area contributed by atoms with Gasteiger partial charge in [0.05, 0.1) is 25.8 Å². The number of carbonyl (C=O) groups is 2. The van der Waals surface area contributed by atoms with Crippen molar-refractivity contribution in [3.05, 3.63) is 35.0 Å². The highest BCUT2D eigenvalue weighted by atomic mass is 35.6. The molecule has 0 fully saturated rings. The van der Waals surface area contributed by atoms with E-state index in [2.05, 4.69) is 10.6 Å². The summed E-state index contributed by atoms with van der Waals surface area (Å²) in [4.78, 5) is 24.4. The Labute approximate surface area is 165 Å². The van der Waals surface area contributed by atoms with E-state index in [1.807, 2.05) is 0 Å². The second-order valence-corrected chi connectivity index (χ2v) is 7.89. The van der Waals surface area contributed by atoms with Gasteiger partial charge < -0.3 is 24.8 Å². The van der Waals surface area contributed by atoms with Gasteiger partial charge in [0.1, 0.15) is 6.61 Å². The lowest BCUT2D eigenvalue weighted by Gasteiger charge is -2.28. The minimum atomic E-state index is -1.74. The lowest BCUT2D eigenvalue weighted by atomic mass is 9.95. The highest BCUT2D eigenvalue weighted by Crippen LogP contribution is 2.35. The summed E-state index contributed by atoms with van der Waals surface area (Å²) >= 11 is 16.9. The fourth-order valence-electron chi connectivity index (χ4n) is 2.47. The molecule has 1 heterocycles. The maximum atomic E-state index is 12.5. The van der Waals surface area contributed by atoms with Crippen molar-refractivity contribution in [2.24, 2.45) is 0 Å². The number of esters is 1. The number of hydrogen-bond donors (Lipinski definition) is 2. The molecule has 1 aliphatic heterocycles. The summed E-state index contributed by atoms with van der Waals surface area (Å²) < 4.78 is 13.8. The molecule has 0 spiro atoms. The van der Waals surface area contributed by atoms with Crippen LogP contribution < -0.4 is 20.1 Å². The van der Waals surface area contributed by atoms with Crippen molar-refractivity contribution >= 4 is 46.8 Å². The van der Waals surface area contributed by atoms with E-state index in [4.69, 9.17) is 49.0 Å². The number of carbonyl (C=O) groups excluding carboxylic acids is 2. The molecule has 2 rings (SSSR count). The van der Waals surface area contributed by atoms with Crippen molar-refractivity contribution in [2.45, 2.75) is 16.8 Å². The van der Waals surface area contributed by atoms with Gasteiger partial charge in [0, 0.05) is 5.70 Å². The van der Waals surface area contributed by atoms with Crippen LogP contribution in [0.15, 0.2) is 29.5 Å². The molecule has 1 aromatic carbocycles. The third-order valence-corrected chi connectivity index (χ3v) is 3.92. The normalized spacial score (nSPS) is 17.3. The molecule has 1 aromatic rings. The summed E-state index contributed by atoms with van der Waals surface area (Å²) in [6.07, 6.45) is 0. The van der Waals surface area contributed by atoms with Gasteiger partial charge in [-0.25, -0.2) is 9.59 Å². The summed E-state index contributed by atoms with van der Waals surface area (Å²) in [6.45, 7) is 1.15. The van der Waals surface area contributed by atoms with Crippen molar-refractivity contribution in [3.8, 4) is 11.5 Å². The summed E-state index contributed by atoms with van der Waals surface area (Å²) in [5, 5.41) is 5.21. The van der Waals surface area contributed by atoms with Crippen LogP contribution in [0.2, 0.25) is 0 Å². The van der Waals surface area contributed by atoms with Gasteiger partial charge in [-0.1, -0.05) is 40.9 Å². The molecule has 10 heteroatoms. The second-order valence-electron chi connectivity index (χ2n) is 5.38. The predicted molar refractivity (Wildman–Crippen MR) is 97.9 cm³/mol. The Balaban J connectivity index is 2.39. The number of rotatable bonds is 5. The first kappa shape index (κ1) is 20.5. The molecule has 7 nitrogen and oxygen atoms in total. The Morgan fingerprint density at radius 2 is 1.85 bits per heavy atom. The number of amides is 2. The van der Waals surface area contributed by atoms with Gasteiger partial charge in [-0.15, -0.1) is 0 Å². The van der Waals surface area contributed by atoms with E-state index in [1.54, 1.807) is 25.1 Å². The van der Waals surface area contributed by atoms with Crippen LogP contribution in [0.4, 0.5) is 4.79 Å². The zero-order valence-corrected chi connectivity index (χ0v) is 16.5. The molecule has 0 saturated carbocycles. The van der Waals surface area contributed by atoms with E-state index < -0.39 is 28.4 Å². The molecular weight excluding hydrogens is 407 g/mol. The lowest BCUT2D eigenvalue weighted by molar-refractivity contribution is -0.139. The molecule has 1 aliphatic rings. The van der Waals surface area contributed by atoms with Crippen LogP contribution in [0.3, 0.4) is 0 Å². The molecule has 142 valence electrons. The molecule has 1 atom stereocenters. The fourth-order valence-corrected chi connectivity index (χ4v) is 2.64. The van der Waals surface area contributed by atoms with Crippen molar-refractivity contribution in [2.75, 3.05) is 20.8 Å². The molecule has 2 N–H and O–H groups in total. The highest BCUT2D eigenvalue weighted by Gasteiger charge is 2.34. The Kier molecular flexibility index (Phi) is 6.49. The minimum absolute atomic E-state index is 0.186. The van der Waals surface area contributed by atoms with E-state index in [1.165, 1.54) is 14.2 Å². The summed E-state index contributed by atoms with van der Waals surface area (Å²) in [5.74, 6) is 0.239. The number of halogens is 3. The van der Waals surface area contributed by atoms with Crippen LogP contribution >= 0.6 is 34.8 Å². The summed E-state index contributed by atoms with van der Waals surface area (Å²) in [6, 6.07) is 3.80. The quantitative estimate of drug-likeness (QED) is 0.561. The predicted octanol–water partition coefficient (Wildman–Crippen LogP) is 3.25. The first-order valence-corrected chi connectivity index (χ1v) is 8.53. The van der Waals surface area contributed by atoms with E-state index >= 15 is 0 Å². The fraction of sp³-hybridized carbons (Fsp3) is 0.375. The number of methoxy groups -OCH3 is 2. The zero-order valence-electron chi connectivity index (χ0n) is 14.2. The van der Waals surface area contributed by atoms with Crippen molar-refractivity contribution in [3.63, 3.8) is 0 Å². The average Bonchev–Trinajstić information content (AvgIpc) is 2.57. The van der Waals surface area contributed by atoms with E-state index in [-0.39, 0.29) is 5.57 Å². The van der Waals surface area contributed by atoms with Crippen molar-refractivity contribution in [1.29, 1.82) is 0 Å². The largest absolute Gasteiger partial charge is 0.493 e. The number of alkyl halides is 3. The van der Waals surface area contributed by atoms with Gasteiger partial charge in [-0.2, -0.15) is 0 Å². The van der Waals surface area contributed by atoms with E-state index in [0.717, 1.165) is 0 Å². The average molecular weight is 424 g/mol. The SMILES string of the molecule is COc1ccc(C2NC(=O)NC(C)=C2C(=O)OCC(Cl)(Cl)Cl)cc1OC. The Morgan fingerprint density at radius 3 is 2.42 bits per heavy atom. The topological polar surface area (TPSA) is 85.9 Å². The van der Waals surface area contributed by atoms with Crippen molar-refractivity contribution < 1.29 is 23.8 Å². The molecule has 26 heavy (non-hydrogen) atoms. The van der Waals surface area contributed by atoms with E-state index in [9.17, 15) is 9.59 Å². The molecule has 0 bridgehead atoms. The van der Waals surface area contributed by atoms with Crippen LogP contribution in [0, 0.1) is 0 Å². The van der Waals surface area contributed by atoms with Gasteiger partial charge in [-0.3, -0.25) is 0 Å².